The van der Waals surface area contributed by atoms with Gasteiger partial charge in [0.2, 0.25) is 0 Å². The van der Waals surface area contributed by atoms with Crippen LogP contribution in [0.1, 0.15) is 71.2 Å². The Morgan fingerprint density at radius 1 is 1.10 bits per heavy atom. The van der Waals surface area contributed by atoms with Crippen LogP contribution in [0.3, 0.4) is 0 Å². The number of nitrogens with one attached hydrogen (secondary N) is 3. The van der Waals surface area contributed by atoms with Crippen LogP contribution in [0.25, 0.3) is 0 Å². The molecule has 1 aliphatic heterocycles. The topological polar surface area (TPSA) is 97.9 Å². The summed E-state index contributed by atoms with van der Waals surface area (Å²) in [6.07, 6.45) is 4.49. The number of carbonyl (C=O) groups excluding carboxylic acids is 2. The number of ether oxygens (including phenoxy) is 3. The normalized spacial score (nSPS) is 18.7. The van der Waals surface area contributed by atoms with Gasteiger partial charge in [0.25, 0.3) is 5.91 Å². The zero-order chi connectivity index (χ0) is 27.6. The Labute approximate surface area is 236 Å². The molecule has 212 valence electrons. The molecule has 2 aliphatic rings. The first-order chi connectivity index (χ1) is 19.0. The highest BCUT2D eigenvalue weighted by molar-refractivity contribution is 6.30. The number of benzene rings is 2. The highest BCUT2D eigenvalue weighted by Crippen LogP contribution is 2.42. The summed E-state index contributed by atoms with van der Waals surface area (Å²) in [4.78, 5) is 24.9. The van der Waals surface area contributed by atoms with Crippen molar-refractivity contribution in [2.75, 3.05) is 47.1 Å². The van der Waals surface area contributed by atoms with Crippen LogP contribution in [-0.4, -0.2) is 65.1 Å². The van der Waals surface area contributed by atoms with Crippen molar-refractivity contribution in [3.63, 3.8) is 0 Å². The van der Waals surface area contributed by atoms with E-state index in [2.05, 4.69) is 26.8 Å². The van der Waals surface area contributed by atoms with Gasteiger partial charge in [-0.3, -0.25) is 4.79 Å². The third-order valence-electron chi connectivity index (χ3n) is 7.37. The van der Waals surface area contributed by atoms with Crippen molar-refractivity contribution in [1.82, 2.24) is 16.0 Å². The van der Waals surface area contributed by atoms with Gasteiger partial charge in [0.05, 0.1) is 13.7 Å². The quantitative estimate of drug-likeness (QED) is 0.306. The second-order valence-electron chi connectivity index (χ2n) is 10.4. The third kappa shape index (κ3) is 8.93. The number of hydrogen-bond donors (Lipinski definition) is 3. The zero-order valence-corrected chi connectivity index (χ0v) is 23.6. The number of alkyl carbamates (subject to hydrolysis) is 1. The Bertz CT molecular complexity index is 1100. The van der Waals surface area contributed by atoms with Gasteiger partial charge in [0.1, 0.15) is 6.10 Å². The van der Waals surface area contributed by atoms with E-state index in [-0.39, 0.29) is 25.1 Å². The van der Waals surface area contributed by atoms with Crippen LogP contribution in [0, 0.1) is 5.92 Å². The second kappa shape index (κ2) is 14.7. The Balaban J connectivity index is 1.51. The van der Waals surface area contributed by atoms with E-state index in [0.29, 0.717) is 29.0 Å². The standard InChI is InChI=1S/C30H40ClN3O5/c1-32-27(13-20-5-4-11-38-19-20)18-34-29(35)25-15-23(21-8-9-21)14-24(16-25)28(22-6-3-7-26(31)17-22)39-12-10-33-30(36)37-2/h3,6-7,14-17,20-21,27-28,32H,4-5,8-13,18-19H2,1-2H3,(H,33,36)(H,34,35). The minimum Gasteiger partial charge on any atom is -0.453 e. The average molecular weight is 558 g/mol. The summed E-state index contributed by atoms with van der Waals surface area (Å²) in [5, 5.41) is 9.74. The van der Waals surface area contributed by atoms with Crippen LogP contribution >= 0.6 is 11.6 Å². The number of amides is 2. The summed E-state index contributed by atoms with van der Waals surface area (Å²) in [6, 6.07) is 13.8. The molecule has 8 nitrogen and oxygen atoms in total. The molecular formula is C30H40ClN3O5. The Morgan fingerprint density at radius 2 is 1.95 bits per heavy atom. The molecule has 39 heavy (non-hydrogen) atoms. The van der Waals surface area contributed by atoms with Gasteiger partial charge in [-0.2, -0.15) is 0 Å². The molecular weight excluding hydrogens is 518 g/mol. The SMILES string of the molecule is CNC(CNC(=O)c1cc(C2CC2)cc(C(OCCNC(=O)OC)c2cccc(Cl)c2)c1)CC1CCCOC1. The number of hydrogen-bond acceptors (Lipinski definition) is 6. The fourth-order valence-corrected chi connectivity index (χ4v) is 5.28. The molecule has 3 atom stereocenters. The zero-order valence-electron chi connectivity index (χ0n) is 22.8. The van der Waals surface area contributed by atoms with Crippen molar-refractivity contribution >= 4 is 23.6 Å². The fraction of sp³-hybridized carbons (Fsp3) is 0.533. The smallest absolute Gasteiger partial charge is 0.406 e. The Hall–Kier alpha value is -2.65. The lowest BCUT2D eigenvalue weighted by Gasteiger charge is -2.26. The van der Waals surface area contributed by atoms with Gasteiger partial charge in [-0.15, -0.1) is 0 Å². The van der Waals surface area contributed by atoms with E-state index in [9.17, 15) is 9.59 Å². The summed E-state index contributed by atoms with van der Waals surface area (Å²) >= 11 is 6.32. The first-order valence-corrected chi connectivity index (χ1v) is 14.2. The number of carbonyl (C=O) groups is 2. The molecule has 1 aliphatic carbocycles. The first kappa shape index (κ1) is 29.3. The summed E-state index contributed by atoms with van der Waals surface area (Å²) in [6.45, 7) is 2.73. The largest absolute Gasteiger partial charge is 0.453 e. The van der Waals surface area contributed by atoms with Gasteiger partial charge >= 0.3 is 6.09 Å². The summed E-state index contributed by atoms with van der Waals surface area (Å²) in [5.74, 6) is 0.868. The fourth-order valence-electron chi connectivity index (χ4n) is 5.08. The molecule has 3 N–H and O–H groups in total. The summed E-state index contributed by atoms with van der Waals surface area (Å²) in [5.41, 5.74) is 3.53. The van der Waals surface area contributed by atoms with Gasteiger partial charge in [-0.05, 0) is 91.9 Å². The van der Waals surface area contributed by atoms with Crippen LogP contribution in [0.5, 0.6) is 0 Å². The molecule has 2 fully saturated rings. The van der Waals surface area contributed by atoms with Crippen LogP contribution < -0.4 is 16.0 Å². The molecule has 0 radical (unpaired) electrons. The second-order valence-corrected chi connectivity index (χ2v) is 10.8. The number of methoxy groups -OCH3 is 1. The summed E-state index contributed by atoms with van der Waals surface area (Å²) in [7, 11) is 3.26. The molecule has 2 aromatic rings. The van der Waals surface area contributed by atoms with Gasteiger partial charge < -0.3 is 30.2 Å². The van der Waals surface area contributed by atoms with Crippen molar-refractivity contribution in [3.05, 3.63) is 69.7 Å². The Morgan fingerprint density at radius 3 is 2.64 bits per heavy atom. The maximum Gasteiger partial charge on any atom is 0.406 e. The molecule has 1 heterocycles. The van der Waals surface area contributed by atoms with Crippen LogP contribution in [0.15, 0.2) is 42.5 Å². The van der Waals surface area contributed by atoms with E-state index in [1.807, 2.05) is 43.4 Å². The highest BCUT2D eigenvalue weighted by atomic mass is 35.5. The molecule has 4 rings (SSSR count). The van der Waals surface area contributed by atoms with E-state index in [4.69, 9.17) is 21.1 Å². The van der Waals surface area contributed by atoms with Crippen molar-refractivity contribution < 1.29 is 23.8 Å². The van der Waals surface area contributed by atoms with E-state index in [1.165, 1.54) is 13.5 Å². The van der Waals surface area contributed by atoms with Gasteiger partial charge in [-0.25, -0.2) is 4.79 Å². The van der Waals surface area contributed by atoms with Gasteiger partial charge in [0.15, 0.2) is 0 Å². The molecule has 1 saturated heterocycles. The lowest BCUT2D eigenvalue weighted by molar-refractivity contribution is 0.0478. The minimum atomic E-state index is -0.511. The maximum atomic E-state index is 13.4. The van der Waals surface area contributed by atoms with Crippen molar-refractivity contribution in [3.8, 4) is 0 Å². The van der Waals surface area contributed by atoms with Crippen molar-refractivity contribution in [2.24, 2.45) is 5.92 Å². The molecule has 0 bridgehead atoms. The van der Waals surface area contributed by atoms with E-state index in [1.54, 1.807) is 0 Å². The van der Waals surface area contributed by atoms with Crippen LogP contribution in [0.2, 0.25) is 5.02 Å². The lowest BCUT2D eigenvalue weighted by Crippen LogP contribution is -2.41. The van der Waals surface area contributed by atoms with Crippen LogP contribution in [0.4, 0.5) is 4.79 Å². The molecule has 1 saturated carbocycles. The third-order valence-corrected chi connectivity index (χ3v) is 7.61. The lowest BCUT2D eigenvalue weighted by atomic mass is 9.94. The summed E-state index contributed by atoms with van der Waals surface area (Å²) < 4.78 is 16.6. The molecule has 9 heteroatoms. The maximum absolute atomic E-state index is 13.4. The van der Waals surface area contributed by atoms with E-state index < -0.39 is 12.2 Å². The molecule has 2 aromatic carbocycles. The molecule has 3 unspecified atom stereocenters. The number of rotatable bonds is 13. The molecule has 2 amide bonds. The minimum absolute atomic E-state index is 0.101. The van der Waals surface area contributed by atoms with Crippen molar-refractivity contribution in [2.45, 2.75) is 50.2 Å². The predicted octanol–water partition coefficient (Wildman–Crippen LogP) is 4.81. The van der Waals surface area contributed by atoms with Gasteiger partial charge in [0, 0.05) is 42.9 Å². The highest BCUT2D eigenvalue weighted by Gasteiger charge is 2.27. The monoisotopic (exact) mass is 557 g/mol. The van der Waals surface area contributed by atoms with Gasteiger partial charge in [-0.1, -0.05) is 29.8 Å². The molecule has 0 spiro atoms. The molecule has 0 aromatic heterocycles. The Kier molecular flexibility index (Phi) is 11.0. The van der Waals surface area contributed by atoms with Crippen LogP contribution in [-0.2, 0) is 14.2 Å². The average Bonchev–Trinajstić information content (AvgIpc) is 3.81. The van der Waals surface area contributed by atoms with E-state index >= 15 is 0 Å². The number of likely N-dealkylation sites (N-methyl/N-ethyl adjacent to an activating group) is 1. The predicted molar refractivity (Wildman–Crippen MR) is 151 cm³/mol. The first-order valence-electron chi connectivity index (χ1n) is 13.8. The number of halogens is 1. The van der Waals surface area contributed by atoms with Crippen molar-refractivity contribution in [1.29, 1.82) is 0 Å². The van der Waals surface area contributed by atoms with E-state index in [0.717, 1.165) is 55.6 Å².